The molecular weight excluding hydrogens is 197 g/mol. The maximum atomic E-state index is 5.11. The van der Waals surface area contributed by atoms with E-state index in [0.29, 0.717) is 0 Å². The quantitative estimate of drug-likeness (QED) is 0.346. The van der Waals surface area contributed by atoms with Gasteiger partial charge in [0.15, 0.2) is 6.29 Å². The van der Waals surface area contributed by atoms with Crippen LogP contribution in [0.5, 0.6) is 0 Å². The van der Waals surface area contributed by atoms with E-state index in [9.17, 15) is 0 Å². The van der Waals surface area contributed by atoms with Crippen LogP contribution in [0.1, 0.15) is 19.8 Å². The van der Waals surface area contributed by atoms with Crippen molar-refractivity contribution in [2.75, 3.05) is 39.6 Å². The molecule has 0 aliphatic rings. The summed E-state index contributed by atoms with van der Waals surface area (Å²) in [6, 6.07) is 0. The molecule has 0 saturated heterocycles. The number of hydrogen-bond acceptors (Lipinski definition) is 3. The van der Waals surface area contributed by atoms with E-state index in [1.165, 1.54) is 18.7 Å². The maximum Gasteiger partial charge on any atom is 0.157 e. The molecular formula is C10H24NO2P. The predicted octanol–water partition coefficient (Wildman–Crippen LogP) is 1.67. The minimum absolute atomic E-state index is 0.00824. The minimum atomic E-state index is -0.00824. The van der Waals surface area contributed by atoms with Crippen LogP contribution in [-0.2, 0) is 9.47 Å². The van der Waals surface area contributed by atoms with Crippen LogP contribution in [0, 0.1) is 0 Å². The van der Waals surface area contributed by atoms with Gasteiger partial charge in [0, 0.05) is 20.6 Å². The molecule has 0 heterocycles. The van der Waals surface area contributed by atoms with Gasteiger partial charge < -0.3 is 14.8 Å². The molecule has 0 rings (SSSR count). The second-order valence-electron chi connectivity index (χ2n) is 3.19. The first-order chi connectivity index (χ1) is 6.85. The third kappa shape index (κ3) is 8.89. The molecule has 1 unspecified atom stereocenters. The van der Waals surface area contributed by atoms with E-state index >= 15 is 0 Å². The topological polar surface area (TPSA) is 30.5 Å². The molecule has 3 nitrogen and oxygen atoms in total. The monoisotopic (exact) mass is 221 g/mol. The lowest BCUT2D eigenvalue weighted by molar-refractivity contribution is -0.102. The van der Waals surface area contributed by atoms with Crippen LogP contribution in [0.2, 0.25) is 0 Å². The molecule has 1 atom stereocenters. The minimum Gasteiger partial charge on any atom is -0.356 e. The summed E-state index contributed by atoms with van der Waals surface area (Å²) in [5.74, 6) is 0. The molecule has 1 N–H and O–H groups in total. The third-order valence-electron chi connectivity index (χ3n) is 1.99. The van der Waals surface area contributed by atoms with E-state index in [1.54, 1.807) is 14.2 Å². The summed E-state index contributed by atoms with van der Waals surface area (Å²) >= 11 is 0. The van der Waals surface area contributed by atoms with Crippen LogP contribution in [0.15, 0.2) is 0 Å². The number of methoxy groups -OCH3 is 2. The van der Waals surface area contributed by atoms with Gasteiger partial charge >= 0.3 is 0 Å². The molecule has 0 fully saturated rings. The highest BCUT2D eigenvalue weighted by Gasteiger charge is 2.02. The normalized spacial score (nSPS) is 12.0. The van der Waals surface area contributed by atoms with E-state index in [4.69, 9.17) is 9.47 Å². The number of ether oxygens (including phenoxy) is 2. The Morgan fingerprint density at radius 2 is 1.86 bits per heavy atom. The highest BCUT2D eigenvalue weighted by atomic mass is 31.1. The Morgan fingerprint density at radius 3 is 2.43 bits per heavy atom. The van der Waals surface area contributed by atoms with E-state index in [-0.39, 0.29) is 6.29 Å². The van der Waals surface area contributed by atoms with Gasteiger partial charge in [0.2, 0.25) is 0 Å². The fraction of sp³-hybridized carbons (Fsp3) is 1.00. The van der Waals surface area contributed by atoms with Crippen molar-refractivity contribution in [1.82, 2.24) is 5.32 Å². The van der Waals surface area contributed by atoms with Gasteiger partial charge in [-0.25, -0.2) is 0 Å². The van der Waals surface area contributed by atoms with E-state index in [0.717, 1.165) is 28.1 Å². The highest BCUT2D eigenvalue weighted by molar-refractivity contribution is 7.37. The van der Waals surface area contributed by atoms with Crippen molar-refractivity contribution < 1.29 is 9.47 Å². The summed E-state index contributed by atoms with van der Waals surface area (Å²) in [7, 11) is 4.41. The number of hydrogen-bond donors (Lipinski definition) is 1. The summed E-state index contributed by atoms with van der Waals surface area (Å²) in [6.07, 6.45) is 4.71. The summed E-state index contributed by atoms with van der Waals surface area (Å²) < 4.78 is 10.2. The Bertz CT molecular complexity index is 110. The SMILES string of the molecule is CCCNCCPCCC(OC)OC. The molecule has 0 aromatic heterocycles. The zero-order valence-corrected chi connectivity index (χ0v) is 10.6. The van der Waals surface area contributed by atoms with Gasteiger partial charge in [0.1, 0.15) is 0 Å². The third-order valence-corrected chi connectivity index (χ3v) is 3.23. The zero-order valence-electron chi connectivity index (χ0n) is 9.64. The van der Waals surface area contributed by atoms with E-state index < -0.39 is 0 Å². The van der Waals surface area contributed by atoms with Gasteiger partial charge in [0.25, 0.3) is 0 Å². The summed E-state index contributed by atoms with van der Waals surface area (Å²) in [4.78, 5) is 0. The van der Waals surface area contributed by atoms with Crippen molar-refractivity contribution >= 4 is 8.58 Å². The lowest BCUT2D eigenvalue weighted by Gasteiger charge is -2.12. The van der Waals surface area contributed by atoms with Crippen LogP contribution in [0.25, 0.3) is 0 Å². The zero-order chi connectivity index (χ0) is 10.6. The van der Waals surface area contributed by atoms with Gasteiger partial charge in [-0.15, -0.1) is 8.58 Å². The molecule has 0 aliphatic carbocycles. The smallest absolute Gasteiger partial charge is 0.157 e. The molecule has 14 heavy (non-hydrogen) atoms. The summed E-state index contributed by atoms with van der Waals surface area (Å²) in [6.45, 7) is 4.48. The van der Waals surface area contributed by atoms with Gasteiger partial charge in [-0.05, 0) is 31.8 Å². The number of nitrogens with one attached hydrogen (secondary N) is 1. The molecule has 0 bridgehead atoms. The van der Waals surface area contributed by atoms with Crippen molar-refractivity contribution in [2.24, 2.45) is 0 Å². The van der Waals surface area contributed by atoms with Crippen molar-refractivity contribution in [3.05, 3.63) is 0 Å². The van der Waals surface area contributed by atoms with Crippen molar-refractivity contribution in [1.29, 1.82) is 0 Å². The molecule has 0 aliphatic heterocycles. The van der Waals surface area contributed by atoms with Gasteiger partial charge in [0.05, 0.1) is 0 Å². The van der Waals surface area contributed by atoms with Gasteiger partial charge in [-0.1, -0.05) is 6.92 Å². The molecule has 0 spiro atoms. The van der Waals surface area contributed by atoms with Crippen LogP contribution in [0.4, 0.5) is 0 Å². The molecule has 0 saturated carbocycles. The molecule has 0 amide bonds. The van der Waals surface area contributed by atoms with E-state index in [2.05, 4.69) is 12.2 Å². The van der Waals surface area contributed by atoms with Crippen LogP contribution >= 0.6 is 8.58 Å². The Kier molecular flexibility index (Phi) is 11.6. The fourth-order valence-electron chi connectivity index (χ4n) is 1.16. The molecule has 0 radical (unpaired) electrons. The number of rotatable bonds is 10. The van der Waals surface area contributed by atoms with Gasteiger partial charge in [-0.2, -0.15) is 0 Å². The first kappa shape index (κ1) is 14.3. The molecule has 0 aromatic rings. The Labute approximate surface area is 89.7 Å². The van der Waals surface area contributed by atoms with Crippen LogP contribution in [-0.4, -0.2) is 45.9 Å². The van der Waals surface area contributed by atoms with Crippen molar-refractivity contribution in [3.63, 3.8) is 0 Å². The van der Waals surface area contributed by atoms with E-state index in [1.807, 2.05) is 0 Å². The first-order valence-corrected chi connectivity index (χ1v) is 6.73. The molecule has 4 heteroatoms. The van der Waals surface area contributed by atoms with Crippen molar-refractivity contribution in [3.8, 4) is 0 Å². The van der Waals surface area contributed by atoms with Gasteiger partial charge in [-0.3, -0.25) is 0 Å². The predicted molar refractivity (Wildman–Crippen MR) is 63.6 cm³/mol. The second kappa shape index (κ2) is 11.4. The lowest BCUT2D eigenvalue weighted by atomic mass is 10.5. The average molecular weight is 221 g/mol. The summed E-state index contributed by atoms with van der Waals surface area (Å²) in [5.41, 5.74) is 0. The largest absolute Gasteiger partial charge is 0.356 e. The Hall–Kier alpha value is 0.310. The Balaban J connectivity index is 3.04. The van der Waals surface area contributed by atoms with Crippen molar-refractivity contribution in [2.45, 2.75) is 26.1 Å². The standard InChI is InChI=1S/C10H24NO2P/c1-4-6-11-7-9-14-8-5-10(12-2)13-3/h10-11,14H,4-9H2,1-3H3. The fourth-order valence-corrected chi connectivity index (χ4v) is 2.20. The maximum absolute atomic E-state index is 5.11. The molecule has 0 aromatic carbocycles. The van der Waals surface area contributed by atoms with Crippen LogP contribution < -0.4 is 5.32 Å². The lowest BCUT2D eigenvalue weighted by Crippen LogP contribution is -2.18. The second-order valence-corrected chi connectivity index (χ2v) is 4.69. The average Bonchev–Trinajstić information content (AvgIpc) is 2.22. The molecule has 86 valence electrons. The highest BCUT2D eigenvalue weighted by Crippen LogP contribution is 2.12. The summed E-state index contributed by atoms with van der Waals surface area (Å²) in [5, 5.41) is 3.40. The first-order valence-electron chi connectivity index (χ1n) is 5.32. The Morgan fingerprint density at radius 1 is 1.14 bits per heavy atom. The van der Waals surface area contributed by atoms with Crippen LogP contribution in [0.3, 0.4) is 0 Å².